The van der Waals surface area contributed by atoms with E-state index in [-0.39, 0.29) is 22.8 Å². The highest BCUT2D eigenvalue weighted by molar-refractivity contribution is 5.88. The fraction of sp³-hybridized carbons (Fsp3) is 0. The lowest BCUT2D eigenvalue weighted by Crippen LogP contribution is -1.94. The summed E-state index contributed by atoms with van der Waals surface area (Å²) in [7, 11) is 0. The number of hydrogen-bond acceptors (Lipinski definition) is 7. The lowest BCUT2D eigenvalue weighted by atomic mass is 10.2. The molecule has 3 rings (SSSR count). The molecule has 0 aliphatic heterocycles. The van der Waals surface area contributed by atoms with E-state index in [2.05, 4.69) is 0 Å². The van der Waals surface area contributed by atoms with Gasteiger partial charge in [-0.15, -0.1) is 0 Å². The normalized spacial score (nSPS) is 9.78. The van der Waals surface area contributed by atoms with Crippen molar-refractivity contribution in [3.05, 3.63) is 66.2 Å². The number of carboxylic acid groups (broad SMARTS) is 1. The Bertz CT molecular complexity index is 939. The number of phenolic OH excluding ortho intramolecular Hbond substituents is 4. The first-order valence-corrected chi connectivity index (χ1v) is 7.57. The van der Waals surface area contributed by atoms with Crippen LogP contribution in [0.2, 0.25) is 0 Å². The van der Waals surface area contributed by atoms with Crippen molar-refractivity contribution in [2.24, 2.45) is 0 Å². The van der Waals surface area contributed by atoms with Crippen molar-refractivity contribution in [2.75, 3.05) is 5.73 Å². The molecular weight excluding hydrogens is 354 g/mol. The Morgan fingerprint density at radius 3 is 1.74 bits per heavy atom. The van der Waals surface area contributed by atoms with Crippen LogP contribution < -0.4 is 10.5 Å². The highest BCUT2D eigenvalue weighted by atomic mass is 16.5. The Balaban J connectivity index is 0.000000208. The number of phenols is 4. The number of hydrogen-bond donors (Lipinski definition) is 6. The number of aromatic hydroxyl groups is 4. The average molecular weight is 371 g/mol. The zero-order valence-corrected chi connectivity index (χ0v) is 13.9. The highest BCUT2D eigenvalue weighted by Crippen LogP contribution is 2.31. The molecule has 0 bridgehead atoms. The summed E-state index contributed by atoms with van der Waals surface area (Å²) in [5.74, 6) is -1.22. The molecule has 0 spiro atoms. The van der Waals surface area contributed by atoms with Crippen molar-refractivity contribution in [3.8, 4) is 34.5 Å². The van der Waals surface area contributed by atoms with E-state index >= 15 is 0 Å². The largest absolute Gasteiger partial charge is 0.504 e. The molecule has 8 nitrogen and oxygen atoms in total. The summed E-state index contributed by atoms with van der Waals surface area (Å²) in [4.78, 5) is 10.3. The molecule has 0 amide bonds. The van der Waals surface area contributed by atoms with Gasteiger partial charge < -0.3 is 36.0 Å². The van der Waals surface area contributed by atoms with Crippen molar-refractivity contribution in [2.45, 2.75) is 0 Å². The molecule has 3 aromatic rings. The Morgan fingerprint density at radius 2 is 1.22 bits per heavy atom. The minimum atomic E-state index is -1.14. The molecule has 0 unspecified atom stereocenters. The van der Waals surface area contributed by atoms with Crippen molar-refractivity contribution in [3.63, 3.8) is 0 Å². The first-order valence-electron chi connectivity index (χ1n) is 7.57. The summed E-state index contributed by atoms with van der Waals surface area (Å²) < 4.78 is 5.44. The summed E-state index contributed by atoms with van der Waals surface area (Å²) in [5.41, 5.74) is 6.13. The number of aromatic carboxylic acids is 1. The molecular formula is C19H17NO7. The fourth-order valence-corrected chi connectivity index (χ4v) is 1.90. The number of rotatable bonds is 3. The number of nitrogens with two attached hydrogens (primary N) is 1. The first kappa shape index (κ1) is 19.3. The molecule has 0 fully saturated rings. The van der Waals surface area contributed by atoms with Crippen LogP contribution in [-0.2, 0) is 0 Å². The van der Waals surface area contributed by atoms with Crippen molar-refractivity contribution in [1.29, 1.82) is 0 Å². The van der Waals surface area contributed by atoms with Crippen LogP contribution in [0.25, 0.3) is 0 Å². The minimum Gasteiger partial charge on any atom is -0.504 e. The van der Waals surface area contributed by atoms with E-state index < -0.39 is 11.7 Å². The van der Waals surface area contributed by atoms with Gasteiger partial charge in [0.15, 0.2) is 23.0 Å². The predicted molar refractivity (Wildman–Crippen MR) is 97.4 cm³/mol. The maximum Gasteiger partial charge on any atom is 0.335 e. The summed E-state index contributed by atoms with van der Waals surface area (Å²) in [6.45, 7) is 0. The van der Waals surface area contributed by atoms with Crippen LogP contribution >= 0.6 is 0 Å². The molecule has 0 aromatic heterocycles. The second-order valence-electron chi connectivity index (χ2n) is 5.33. The second-order valence-corrected chi connectivity index (χ2v) is 5.33. The van der Waals surface area contributed by atoms with E-state index in [1.165, 1.54) is 18.2 Å². The standard InChI is InChI=1S/C12H11NO3.C7H6O4/c13-8-1-3-9(4-2-8)16-10-5-6-11(14)12(15)7-10;8-5-2-1-4(7(10)11)3-6(5)9/h1-7,14-15H,13H2;1-3,8-9H,(H,10,11). The third-order valence-electron chi connectivity index (χ3n) is 3.29. The molecule has 8 heteroatoms. The van der Waals surface area contributed by atoms with Gasteiger partial charge in [0.1, 0.15) is 11.5 Å². The lowest BCUT2D eigenvalue weighted by molar-refractivity contribution is 0.0696. The second kappa shape index (κ2) is 8.34. The third kappa shape index (κ3) is 5.46. The number of benzene rings is 3. The molecule has 27 heavy (non-hydrogen) atoms. The monoisotopic (exact) mass is 371 g/mol. The molecule has 140 valence electrons. The quantitative estimate of drug-likeness (QED) is 0.303. The van der Waals surface area contributed by atoms with E-state index in [0.717, 1.165) is 12.1 Å². The molecule has 7 N–H and O–H groups in total. The summed E-state index contributed by atoms with van der Waals surface area (Å²) in [6, 6.07) is 14.5. The van der Waals surface area contributed by atoms with Gasteiger partial charge >= 0.3 is 5.97 Å². The number of nitrogen functional groups attached to an aromatic ring is 1. The zero-order valence-electron chi connectivity index (χ0n) is 13.9. The van der Waals surface area contributed by atoms with Gasteiger partial charge in [0.25, 0.3) is 0 Å². The molecule has 0 aliphatic rings. The third-order valence-corrected chi connectivity index (χ3v) is 3.29. The van der Waals surface area contributed by atoms with Gasteiger partial charge in [0.05, 0.1) is 5.56 Å². The van der Waals surface area contributed by atoms with Crippen LogP contribution in [0, 0.1) is 0 Å². The summed E-state index contributed by atoms with van der Waals surface area (Å²) >= 11 is 0. The van der Waals surface area contributed by atoms with Crippen molar-refractivity contribution in [1.82, 2.24) is 0 Å². The van der Waals surface area contributed by atoms with Gasteiger partial charge in [-0.1, -0.05) is 0 Å². The Kier molecular flexibility index (Phi) is 5.95. The van der Waals surface area contributed by atoms with Crippen LogP contribution in [0.5, 0.6) is 34.5 Å². The van der Waals surface area contributed by atoms with Crippen molar-refractivity contribution < 1.29 is 35.1 Å². The van der Waals surface area contributed by atoms with Crippen molar-refractivity contribution >= 4 is 11.7 Å². The molecule has 0 radical (unpaired) electrons. The molecule has 0 saturated heterocycles. The number of carbonyl (C=O) groups is 1. The zero-order chi connectivity index (χ0) is 20.0. The molecule has 0 aliphatic carbocycles. The van der Waals surface area contributed by atoms with E-state index in [9.17, 15) is 9.90 Å². The first-order chi connectivity index (χ1) is 12.8. The number of ether oxygens (including phenoxy) is 1. The molecule has 0 saturated carbocycles. The van der Waals surface area contributed by atoms with Gasteiger partial charge in [-0.05, 0) is 54.6 Å². The highest BCUT2D eigenvalue weighted by Gasteiger charge is 2.05. The maximum absolute atomic E-state index is 10.3. The van der Waals surface area contributed by atoms with Gasteiger partial charge in [0.2, 0.25) is 0 Å². The van der Waals surface area contributed by atoms with Gasteiger partial charge in [-0.25, -0.2) is 4.79 Å². The Morgan fingerprint density at radius 1 is 0.704 bits per heavy atom. The van der Waals surface area contributed by atoms with Crippen LogP contribution in [0.3, 0.4) is 0 Å². The molecule has 0 heterocycles. The smallest absolute Gasteiger partial charge is 0.335 e. The predicted octanol–water partition coefficient (Wildman–Crippen LogP) is 3.27. The number of anilines is 1. The van der Waals surface area contributed by atoms with Crippen LogP contribution in [0.4, 0.5) is 5.69 Å². The Labute approximate surface area is 154 Å². The van der Waals surface area contributed by atoms with E-state index in [0.29, 0.717) is 17.2 Å². The van der Waals surface area contributed by atoms with Gasteiger partial charge in [0, 0.05) is 11.8 Å². The summed E-state index contributed by atoms with van der Waals surface area (Å²) in [6.07, 6.45) is 0. The van der Waals surface area contributed by atoms with E-state index in [1.54, 1.807) is 30.3 Å². The minimum absolute atomic E-state index is 0.0553. The van der Waals surface area contributed by atoms with Crippen LogP contribution in [-0.4, -0.2) is 31.5 Å². The molecule has 0 atom stereocenters. The lowest BCUT2D eigenvalue weighted by Gasteiger charge is -2.06. The molecule has 3 aromatic carbocycles. The van der Waals surface area contributed by atoms with Gasteiger partial charge in [-0.3, -0.25) is 0 Å². The Hall–Kier alpha value is -4.07. The van der Waals surface area contributed by atoms with E-state index in [1.807, 2.05) is 0 Å². The maximum atomic E-state index is 10.3. The average Bonchev–Trinajstić information content (AvgIpc) is 2.63. The number of carboxylic acids is 1. The SMILES string of the molecule is Nc1ccc(Oc2ccc(O)c(O)c2)cc1.O=C(O)c1ccc(O)c(O)c1. The summed E-state index contributed by atoms with van der Waals surface area (Å²) in [5, 5.41) is 44.4. The topological polar surface area (TPSA) is 153 Å². The van der Waals surface area contributed by atoms with E-state index in [4.69, 9.17) is 30.9 Å². The fourth-order valence-electron chi connectivity index (χ4n) is 1.90. The van der Waals surface area contributed by atoms with Gasteiger partial charge in [-0.2, -0.15) is 0 Å². The van der Waals surface area contributed by atoms with Crippen LogP contribution in [0.15, 0.2) is 60.7 Å². The van der Waals surface area contributed by atoms with Crippen LogP contribution in [0.1, 0.15) is 10.4 Å².